The number of ether oxygens (including phenoxy) is 2. The van der Waals surface area contributed by atoms with Crippen molar-refractivity contribution in [3.63, 3.8) is 0 Å². The van der Waals surface area contributed by atoms with E-state index in [0.717, 1.165) is 10.2 Å². The van der Waals surface area contributed by atoms with E-state index in [4.69, 9.17) is 30.4 Å². The van der Waals surface area contributed by atoms with Crippen LogP contribution in [0.5, 0.6) is 0 Å². The van der Waals surface area contributed by atoms with Gasteiger partial charge in [0.1, 0.15) is 11.6 Å². The van der Waals surface area contributed by atoms with E-state index in [9.17, 15) is 14.9 Å². The van der Waals surface area contributed by atoms with Crippen LogP contribution in [-0.4, -0.2) is 50.7 Å². The van der Waals surface area contributed by atoms with Crippen LogP contribution in [0.25, 0.3) is 21.0 Å². The lowest BCUT2D eigenvalue weighted by molar-refractivity contribution is 0.0599. The van der Waals surface area contributed by atoms with Gasteiger partial charge >= 0.3 is 11.9 Å². The molecule has 5 aromatic rings. The zero-order valence-electron chi connectivity index (χ0n) is 26.7. The monoisotopic (exact) mass is 639 g/mol. The summed E-state index contributed by atoms with van der Waals surface area (Å²) < 4.78 is 13.6. The fourth-order valence-corrected chi connectivity index (χ4v) is 5.66. The van der Waals surface area contributed by atoms with Crippen molar-refractivity contribution in [3.8, 4) is 16.9 Å². The maximum absolute atomic E-state index is 12.5. The number of para-hydroxylation sites is 1. The van der Waals surface area contributed by atoms with Gasteiger partial charge in [-0.05, 0) is 30.3 Å². The Morgan fingerprint density at radius 1 is 0.891 bits per heavy atom. The third-order valence-corrected chi connectivity index (χ3v) is 8.01. The number of nitrogen functional groups attached to an aromatic ring is 1. The van der Waals surface area contributed by atoms with Crippen LogP contribution < -0.4 is 5.73 Å². The molecule has 236 valence electrons. The quantitative estimate of drug-likeness (QED) is 0.156. The molecule has 0 fully saturated rings. The van der Waals surface area contributed by atoms with Gasteiger partial charge in [0.05, 0.1) is 52.6 Å². The Hall–Kier alpha value is -5.42. The van der Waals surface area contributed by atoms with Gasteiger partial charge in [-0.2, -0.15) is 20.1 Å². The summed E-state index contributed by atoms with van der Waals surface area (Å²) in [5, 5.41) is 29.5. The predicted octanol–water partition coefficient (Wildman–Crippen LogP) is 6.71. The summed E-state index contributed by atoms with van der Waals surface area (Å²) in [5.41, 5.74) is 8.44. The van der Waals surface area contributed by atoms with Crippen LogP contribution in [-0.2, 0) is 20.3 Å². The molecule has 0 spiro atoms. The van der Waals surface area contributed by atoms with E-state index >= 15 is 0 Å². The molecule has 14 heteroatoms. The summed E-state index contributed by atoms with van der Waals surface area (Å²) in [6.45, 7) is 11.7. The number of nitrogens with zero attached hydrogens (tertiary/aromatic N) is 8. The smallest absolute Gasteiger partial charge is 0.337 e. The van der Waals surface area contributed by atoms with Crippen molar-refractivity contribution in [1.29, 1.82) is 5.26 Å². The van der Waals surface area contributed by atoms with Gasteiger partial charge in [0, 0.05) is 10.8 Å². The minimum absolute atomic E-state index is 0.0899. The number of nitriles is 1. The molecule has 0 saturated carbocycles. The highest BCUT2D eigenvalue weighted by Crippen LogP contribution is 2.40. The fourth-order valence-electron chi connectivity index (χ4n) is 4.74. The van der Waals surface area contributed by atoms with Crippen LogP contribution in [0.3, 0.4) is 0 Å². The summed E-state index contributed by atoms with van der Waals surface area (Å²) in [6, 6.07) is 14.3. The number of hydrogen-bond donors (Lipinski definition) is 1. The molecule has 3 heterocycles. The second kappa shape index (κ2) is 11.8. The van der Waals surface area contributed by atoms with E-state index < -0.39 is 22.8 Å². The number of aromatic nitrogens is 5. The molecular weight excluding hydrogens is 606 g/mol. The Morgan fingerprint density at radius 2 is 1.48 bits per heavy atom. The minimum Gasteiger partial charge on any atom is -0.465 e. The molecule has 0 aliphatic rings. The number of thiazole rings is 1. The zero-order valence-corrected chi connectivity index (χ0v) is 27.6. The molecule has 0 unspecified atom stereocenters. The van der Waals surface area contributed by atoms with Crippen molar-refractivity contribution in [2.24, 2.45) is 10.2 Å². The van der Waals surface area contributed by atoms with E-state index in [-0.39, 0.29) is 34.0 Å². The largest absolute Gasteiger partial charge is 0.465 e. The number of benzene rings is 2. The number of esters is 2. The minimum atomic E-state index is -0.657. The van der Waals surface area contributed by atoms with Crippen LogP contribution >= 0.6 is 11.3 Å². The highest BCUT2D eigenvalue weighted by Gasteiger charge is 2.31. The standard InChI is InChI=1S/C32H33N9O4S/c1-31(2,3)24-20(16-33)27(41(38-24)30-35-21-11-9-10-12-22(21)46-30)37-36-23-25(32(4,5)6)39-40(26(23)34)19-14-17(28(42)44-7)13-18(15-19)29(43)45-8/h9-15H,34H2,1-8H3/b37-36+. The molecule has 0 aliphatic carbocycles. The van der Waals surface area contributed by atoms with Crippen molar-refractivity contribution in [3.05, 3.63) is 70.5 Å². The second-order valence-electron chi connectivity index (χ2n) is 12.5. The number of carbonyl (C=O) groups is 2. The van der Waals surface area contributed by atoms with Crippen LogP contribution in [0, 0.1) is 11.3 Å². The molecule has 0 atom stereocenters. The van der Waals surface area contributed by atoms with Gasteiger partial charge in [-0.1, -0.05) is 65.0 Å². The summed E-state index contributed by atoms with van der Waals surface area (Å²) >= 11 is 1.41. The highest BCUT2D eigenvalue weighted by atomic mass is 32.1. The van der Waals surface area contributed by atoms with Crippen LogP contribution in [0.15, 0.2) is 52.7 Å². The average Bonchev–Trinajstić information content (AvgIpc) is 3.71. The normalized spacial score (nSPS) is 12.1. The second-order valence-corrected chi connectivity index (χ2v) is 13.5. The number of carbonyl (C=O) groups excluding carboxylic acids is 2. The molecule has 0 bridgehead atoms. The first kappa shape index (κ1) is 32.0. The highest BCUT2D eigenvalue weighted by molar-refractivity contribution is 7.20. The van der Waals surface area contributed by atoms with E-state index in [1.807, 2.05) is 65.8 Å². The van der Waals surface area contributed by atoms with Gasteiger partial charge < -0.3 is 15.2 Å². The third kappa shape index (κ3) is 5.84. The first-order chi connectivity index (χ1) is 21.7. The lowest BCUT2D eigenvalue weighted by Gasteiger charge is -2.15. The zero-order chi connectivity index (χ0) is 33.6. The van der Waals surface area contributed by atoms with E-state index in [2.05, 4.69) is 16.3 Å². The Bertz CT molecular complexity index is 2000. The number of nitrogens with two attached hydrogens (primary N) is 1. The number of fused-ring (bicyclic) bond motifs is 1. The molecule has 5 rings (SSSR count). The van der Waals surface area contributed by atoms with Crippen molar-refractivity contribution in [1.82, 2.24) is 24.5 Å². The molecular formula is C32H33N9O4S. The number of anilines is 1. The van der Waals surface area contributed by atoms with Gasteiger partial charge in [0.2, 0.25) is 5.13 Å². The fraction of sp³-hybridized carbons (Fsp3) is 0.312. The summed E-state index contributed by atoms with van der Waals surface area (Å²) in [4.78, 5) is 29.7. The van der Waals surface area contributed by atoms with Gasteiger partial charge in [-0.25, -0.2) is 19.3 Å². The molecule has 2 aromatic carbocycles. The van der Waals surface area contributed by atoms with Gasteiger partial charge in [0.25, 0.3) is 0 Å². The maximum Gasteiger partial charge on any atom is 0.337 e. The predicted molar refractivity (Wildman–Crippen MR) is 174 cm³/mol. The number of azo groups is 1. The van der Waals surface area contributed by atoms with Crippen LogP contribution in [0.1, 0.15) is 79.2 Å². The van der Waals surface area contributed by atoms with E-state index in [1.54, 1.807) is 0 Å². The first-order valence-corrected chi connectivity index (χ1v) is 15.0. The summed E-state index contributed by atoms with van der Waals surface area (Å²) in [7, 11) is 2.48. The number of methoxy groups -OCH3 is 2. The summed E-state index contributed by atoms with van der Waals surface area (Å²) in [6.07, 6.45) is 0. The Morgan fingerprint density at radius 3 is 2.02 bits per heavy atom. The number of rotatable bonds is 6. The third-order valence-electron chi connectivity index (χ3n) is 7.00. The lowest BCUT2D eigenvalue weighted by atomic mass is 9.90. The van der Waals surface area contributed by atoms with Crippen LogP contribution in [0.2, 0.25) is 0 Å². The Labute approximate surface area is 269 Å². The van der Waals surface area contributed by atoms with Gasteiger partial charge in [0.15, 0.2) is 17.3 Å². The molecule has 0 aliphatic heterocycles. The van der Waals surface area contributed by atoms with Gasteiger partial charge in [-0.15, -0.1) is 10.2 Å². The molecule has 3 aromatic heterocycles. The molecule has 2 N–H and O–H groups in total. The lowest BCUT2D eigenvalue weighted by Crippen LogP contribution is -2.14. The Balaban J connectivity index is 1.73. The SMILES string of the molecule is COC(=O)c1cc(C(=O)OC)cc(-n2nc(C(C)(C)C)c(/N=N/c3c(C#N)c(C(C)(C)C)nn3-c3nc4ccccc4s3)c2N)c1. The Kier molecular flexibility index (Phi) is 8.22. The van der Waals surface area contributed by atoms with Crippen molar-refractivity contribution in [2.75, 3.05) is 20.0 Å². The van der Waals surface area contributed by atoms with Crippen molar-refractivity contribution < 1.29 is 19.1 Å². The topological polar surface area (TPSA) is 176 Å². The molecule has 46 heavy (non-hydrogen) atoms. The number of hydrogen-bond acceptors (Lipinski definition) is 12. The average molecular weight is 640 g/mol. The van der Waals surface area contributed by atoms with E-state index in [1.165, 1.54) is 53.1 Å². The van der Waals surface area contributed by atoms with Gasteiger partial charge in [-0.3, -0.25) is 0 Å². The van der Waals surface area contributed by atoms with Crippen LogP contribution in [0.4, 0.5) is 17.3 Å². The van der Waals surface area contributed by atoms with Crippen molar-refractivity contribution >= 4 is 50.8 Å². The molecule has 0 radical (unpaired) electrons. The maximum atomic E-state index is 12.5. The first-order valence-electron chi connectivity index (χ1n) is 14.2. The molecule has 0 amide bonds. The molecule has 13 nitrogen and oxygen atoms in total. The van der Waals surface area contributed by atoms with Crippen molar-refractivity contribution in [2.45, 2.75) is 52.4 Å². The van der Waals surface area contributed by atoms with E-state index in [0.29, 0.717) is 22.2 Å². The molecule has 0 saturated heterocycles. The summed E-state index contributed by atoms with van der Waals surface area (Å²) in [5.74, 6) is -1.03.